The van der Waals surface area contributed by atoms with Gasteiger partial charge in [-0.15, -0.1) is 12.4 Å². The summed E-state index contributed by atoms with van der Waals surface area (Å²) in [7, 11) is 1.67. The first kappa shape index (κ1) is 14.7. The molecule has 0 aliphatic carbocycles. The highest BCUT2D eigenvalue weighted by atomic mass is 79.9. The zero-order valence-corrected chi connectivity index (χ0v) is 10.9. The van der Waals surface area contributed by atoms with Crippen molar-refractivity contribution in [2.24, 2.45) is 12.8 Å². The van der Waals surface area contributed by atoms with Gasteiger partial charge in [0.2, 0.25) is 0 Å². The summed E-state index contributed by atoms with van der Waals surface area (Å²) in [6.07, 6.45) is 1.63. The molecule has 0 saturated heterocycles. The third-order valence-corrected chi connectivity index (χ3v) is 2.16. The fourth-order valence-electron chi connectivity index (χ4n) is 1.13. The van der Waals surface area contributed by atoms with Crippen LogP contribution in [0.15, 0.2) is 23.3 Å². The average molecular weight is 309 g/mol. The van der Waals surface area contributed by atoms with Crippen LogP contribution < -0.4 is 11.1 Å². The van der Waals surface area contributed by atoms with Gasteiger partial charge in [0.15, 0.2) is 0 Å². The van der Waals surface area contributed by atoms with E-state index in [4.69, 9.17) is 5.73 Å². The number of halogens is 2. The summed E-state index contributed by atoms with van der Waals surface area (Å²) in [6.45, 7) is 3.41. The molecular weight excluding hydrogens is 297 g/mol. The van der Waals surface area contributed by atoms with E-state index in [9.17, 15) is 9.59 Å². The van der Waals surface area contributed by atoms with Crippen LogP contribution >= 0.6 is 28.3 Å². The maximum absolute atomic E-state index is 11.3. The summed E-state index contributed by atoms with van der Waals surface area (Å²) in [4.78, 5) is 22.3. The van der Waals surface area contributed by atoms with Crippen LogP contribution in [0.5, 0.6) is 0 Å². The van der Waals surface area contributed by atoms with Gasteiger partial charge in [0, 0.05) is 13.2 Å². The van der Waals surface area contributed by atoms with E-state index in [1.165, 1.54) is 4.57 Å². The minimum Gasteiger partial charge on any atom is -0.364 e. The second-order valence-corrected chi connectivity index (χ2v) is 3.87. The monoisotopic (exact) mass is 307 g/mol. The van der Waals surface area contributed by atoms with Crippen LogP contribution in [0, 0.1) is 0 Å². The number of hydrogen-bond acceptors (Lipinski definition) is 2. The second-order valence-electron chi connectivity index (χ2n) is 2.91. The summed E-state index contributed by atoms with van der Waals surface area (Å²) in [5.74, 6) is -1.01. The minimum absolute atomic E-state index is 0. The first-order chi connectivity index (χ1) is 6.93. The van der Waals surface area contributed by atoms with Crippen LogP contribution in [0.1, 0.15) is 10.5 Å². The molecule has 3 N–H and O–H groups in total. The Morgan fingerprint density at radius 3 is 2.56 bits per heavy atom. The molecule has 1 heterocycles. The molecule has 1 rings (SSSR count). The van der Waals surface area contributed by atoms with Gasteiger partial charge in [0.1, 0.15) is 5.69 Å². The van der Waals surface area contributed by atoms with Gasteiger partial charge in [-0.1, -0.05) is 6.58 Å². The number of primary amides is 1. The zero-order valence-electron chi connectivity index (χ0n) is 8.49. The number of nitrogens with two attached hydrogens (primary N) is 1. The van der Waals surface area contributed by atoms with Crippen molar-refractivity contribution in [1.29, 1.82) is 0 Å². The zero-order chi connectivity index (χ0) is 11.6. The van der Waals surface area contributed by atoms with E-state index < -0.39 is 11.8 Å². The van der Waals surface area contributed by atoms with Crippen LogP contribution in [0.2, 0.25) is 0 Å². The summed E-state index contributed by atoms with van der Waals surface area (Å²) in [6, 6.07) is 1.59. The summed E-state index contributed by atoms with van der Waals surface area (Å²) >= 11 is 2.94. The normalized spacial score (nSPS) is 9.12. The first-order valence-corrected chi connectivity index (χ1v) is 4.83. The molecule has 5 nitrogen and oxygen atoms in total. The van der Waals surface area contributed by atoms with Crippen molar-refractivity contribution in [3.8, 4) is 0 Å². The van der Waals surface area contributed by atoms with Crippen LogP contribution in [0.4, 0.5) is 5.69 Å². The largest absolute Gasteiger partial charge is 0.364 e. The average Bonchev–Trinajstić information content (AvgIpc) is 2.46. The van der Waals surface area contributed by atoms with Crippen molar-refractivity contribution in [3.63, 3.8) is 0 Å². The van der Waals surface area contributed by atoms with E-state index in [0.717, 1.165) is 0 Å². The van der Waals surface area contributed by atoms with Gasteiger partial charge in [0.25, 0.3) is 11.8 Å². The second kappa shape index (κ2) is 5.72. The molecule has 1 aromatic heterocycles. The fourth-order valence-corrected chi connectivity index (χ4v) is 1.23. The molecule has 16 heavy (non-hydrogen) atoms. The van der Waals surface area contributed by atoms with Gasteiger partial charge in [-0.3, -0.25) is 9.59 Å². The SMILES string of the molecule is C=C(Br)C(=O)Nc1ccn(C)c1C(N)=O.Cl. The number of carbonyl (C=O) groups is 2. The van der Waals surface area contributed by atoms with Crippen molar-refractivity contribution < 1.29 is 9.59 Å². The molecule has 0 unspecified atom stereocenters. The van der Waals surface area contributed by atoms with Crippen LogP contribution in [-0.2, 0) is 11.8 Å². The first-order valence-electron chi connectivity index (χ1n) is 4.04. The molecule has 0 bridgehead atoms. The molecule has 0 saturated carbocycles. The van der Waals surface area contributed by atoms with Crippen LogP contribution in [0.3, 0.4) is 0 Å². The van der Waals surface area contributed by atoms with Crippen molar-refractivity contribution in [1.82, 2.24) is 4.57 Å². The van der Waals surface area contributed by atoms with Gasteiger partial charge < -0.3 is 15.6 Å². The van der Waals surface area contributed by atoms with Gasteiger partial charge in [-0.05, 0) is 22.0 Å². The number of nitrogens with one attached hydrogen (secondary N) is 1. The highest BCUT2D eigenvalue weighted by molar-refractivity contribution is 9.12. The van der Waals surface area contributed by atoms with Crippen LogP contribution in [0.25, 0.3) is 0 Å². The van der Waals surface area contributed by atoms with Crippen molar-refractivity contribution in [2.75, 3.05) is 5.32 Å². The number of rotatable bonds is 3. The molecule has 7 heteroatoms. The number of anilines is 1. The predicted molar refractivity (Wildman–Crippen MR) is 67.9 cm³/mol. The molecule has 0 atom stereocenters. The fraction of sp³-hybridized carbons (Fsp3) is 0.111. The minimum atomic E-state index is -0.599. The number of aryl methyl sites for hydroxylation is 1. The maximum atomic E-state index is 11.3. The van der Waals surface area contributed by atoms with Crippen molar-refractivity contribution in [2.45, 2.75) is 0 Å². The number of carbonyl (C=O) groups excluding carboxylic acids is 2. The summed E-state index contributed by atoms with van der Waals surface area (Å²) < 4.78 is 1.72. The molecule has 0 aliphatic rings. The molecule has 0 spiro atoms. The smallest absolute Gasteiger partial charge is 0.267 e. The van der Waals surface area contributed by atoms with Crippen molar-refractivity contribution in [3.05, 3.63) is 29.0 Å². The third-order valence-electron chi connectivity index (χ3n) is 1.80. The topological polar surface area (TPSA) is 77.1 Å². The Balaban J connectivity index is 0.00000225. The summed E-state index contributed by atoms with van der Waals surface area (Å²) in [5, 5.41) is 2.51. The standard InChI is InChI=1S/C9H10BrN3O2.ClH/c1-5(10)9(15)12-6-3-4-13(2)7(6)8(11)14;/h3-4H,1H2,2H3,(H2,11,14)(H,12,15);1H. The highest BCUT2D eigenvalue weighted by Crippen LogP contribution is 2.17. The number of aromatic nitrogens is 1. The van der Waals surface area contributed by atoms with Crippen molar-refractivity contribution >= 4 is 45.8 Å². The lowest BCUT2D eigenvalue weighted by atomic mass is 10.3. The predicted octanol–water partition coefficient (Wildman–Crippen LogP) is 1.39. The lowest BCUT2D eigenvalue weighted by molar-refractivity contribution is -0.112. The highest BCUT2D eigenvalue weighted by Gasteiger charge is 2.14. The lowest BCUT2D eigenvalue weighted by Gasteiger charge is -2.04. The Kier molecular flexibility index (Phi) is 5.26. The van der Waals surface area contributed by atoms with Gasteiger partial charge in [-0.2, -0.15) is 0 Å². The molecule has 0 fully saturated rings. The van der Waals surface area contributed by atoms with E-state index in [2.05, 4.69) is 27.8 Å². The molecule has 2 amide bonds. The van der Waals surface area contributed by atoms with E-state index in [1.54, 1.807) is 19.3 Å². The Morgan fingerprint density at radius 2 is 2.12 bits per heavy atom. The third kappa shape index (κ3) is 3.11. The Bertz CT molecular complexity index is 442. The van der Waals surface area contributed by atoms with Gasteiger partial charge in [-0.25, -0.2) is 0 Å². The number of hydrogen-bond donors (Lipinski definition) is 2. The van der Waals surface area contributed by atoms with E-state index in [-0.39, 0.29) is 22.6 Å². The number of nitrogens with zero attached hydrogens (tertiary/aromatic N) is 1. The molecule has 88 valence electrons. The molecule has 0 radical (unpaired) electrons. The van der Waals surface area contributed by atoms with Gasteiger partial charge in [0.05, 0.1) is 10.2 Å². The van der Waals surface area contributed by atoms with E-state index >= 15 is 0 Å². The Labute approximate surface area is 107 Å². The van der Waals surface area contributed by atoms with Crippen LogP contribution in [-0.4, -0.2) is 16.4 Å². The quantitative estimate of drug-likeness (QED) is 0.828. The lowest BCUT2D eigenvalue weighted by Crippen LogP contribution is -2.19. The molecule has 1 aromatic rings. The maximum Gasteiger partial charge on any atom is 0.267 e. The Hall–Kier alpha value is -1.27. The molecule has 0 aliphatic heterocycles. The Morgan fingerprint density at radius 1 is 1.56 bits per heavy atom. The molecule has 0 aromatic carbocycles. The van der Waals surface area contributed by atoms with E-state index in [1.807, 2.05) is 0 Å². The van der Waals surface area contributed by atoms with Gasteiger partial charge >= 0.3 is 0 Å². The summed E-state index contributed by atoms with van der Waals surface area (Å²) in [5.41, 5.74) is 5.78. The number of amides is 2. The van der Waals surface area contributed by atoms with E-state index in [0.29, 0.717) is 5.69 Å². The molecular formula is C9H11BrClN3O2.